The highest BCUT2D eigenvalue weighted by molar-refractivity contribution is 6.02. The number of nitrogens with one attached hydrogen (secondary N) is 2. The van der Waals surface area contributed by atoms with Crippen LogP contribution < -0.4 is 10.8 Å². The summed E-state index contributed by atoms with van der Waals surface area (Å²) in [4.78, 5) is 34.1. The number of hydrogen-bond acceptors (Lipinski definition) is 7. The molecule has 0 bridgehead atoms. The number of urea groups is 1. The van der Waals surface area contributed by atoms with Crippen molar-refractivity contribution in [3.8, 4) is 17.6 Å². The van der Waals surface area contributed by atoms with Gasteiger partial charge in [-0.05, 0) is 37.1 Å². The maximum Gasteiger partial charge on any atom is 0.340 e. The third-order valence-electron chi connectivity index (χ3n) is 3.97. The van der Waals surface area contributed by atoms with Crippen LogP contribution in [0.4, 0.5) is 10.5 Å². The predicted molar refractivity (Wildman–Crippen MR) is 113 cm³/mol. The van der Waals surface area contributed by atoms with Crippen molar-refractivity contribution in [3.63, 3.8) is 0 Å². The summed E-state index contributed by atoms with van der Waals surface area (Å²) in [6.07, 6.45) is 4.39. The Balaban J connectivity index is 2.94. The summed E-state index contributed by atoms with van der Waals surface area (Å²) in [5, 5.41) is 31.7. The van der Waals surface area contributed by atoms with E-state index in [1.807, 2.05) is 13.0 Å². The lowest BCUT2D eigenvalue weighted by Gasteiger charge is -2.18. The fourth-order valence-corrected chi connectivity index (χ4v) is 2.39. The molecule has 1 aromatic rings. The molecule has 0 aliphatic rings. The lowest BCUT2D eigenvalue weighted by atomic mass is 10.1. The Hall–Kier alpha value is -3.58. The number of phenols is 2. The van der Waals surface area contributed by atoms with Crippen molar-refractivity contribution in [2.24, 2.45) is 4.99 Å². The molecule has 10 heteroatoms. The SMILES string of the molecule is CCCCNC(=O)/N=C/CN(CC)C(=O)/C(C#N)=C/c1cc(O)c(O)c(NOC)c1. The zero-order chi connectivity index (χ0) is 22.5. The van der Waals surface area contributed by atoms with Crippen LogP contribution in [-0.4, -0.2) is 60.0 Å². The molecule has 4 N–H and O–H groups in total. The van der Waals surface area contributed by atoms with E-state index in [-0.39, 0.29) is 17.8 Å². The van der Waals surface area contributed by atoms with Crippen LogP contribution in [0.5, 0.6) is 11.5 Å². The van der Waals surface area contributed by atoms with Gasteiger partial charge in [-0.15, -0.1) is 0 Å². The average Bonchev–Trinajstić information content (AvgIpc) is 2.72. The lowest BCUT2D eigenvalue weighted by molar-refractivity contribution is -0.125. The van der Waals surface area contributed by atoms with Crippen LogP contribution in [0.25, 0.3) is 6.08 Å². The molecule has 30 heavy (non-hydrogen) atoms. The molecule has 0 heterocycles. The van der Waals surface area contributed by atoms with Crippen LogP contribution in [0, 0.1) is 11.3 Å². The molecule has 0 atom stereocenters. The number of benzene rings is 1. The molecule has 0 saturated carbocycles. The van der Waals surface area contributed by atoms with E-state index in [0.717, 1.165) is 12.8 Å². The Bertz CT molecular complexity index is 845. The fourth-order valence-electron chi connectivity index (χ4n) is 2.39. The number of anilines is 1. The lowest BCUT2D eigenvalue weighted by Crippen LogP contribution is -2.33. The van der Waals surface area contributed by atoms with E-state index in [0.29, 0.717) is 18.7 Å². The number of likely N-dealkylation sites (N-methyl/N-ethyl adjacent to an activating group) is 1. The molecular formula is C20H27N5O5. The summed E-state index contributed by atoms with van der Waals surface area (Å²) < 4.78 is 0. The van der Waals surface area contributed by atoms with Crippen molar-refractivity contribution in [2.75, 3.05) is 32.2 Å². The van der Waals surface area contributed by atoms with Crippen LogP contribution in [-0.2, 0) is 9.63 Å². The minimum Gasteiger partial charge on any atom is -0.504 e. The third-order valence-corrected chi connectivity index (χ3v) is 3.97. The summed E-state index contributed by atoms with van der Waals surface area (Å²) >= 11 is 0. The van der Waals surface area contributed by atoms with E-state index in [1.54, 1.807) is 6.92 Å². The summed E-state index contributed by atoms with van der Waals surface area (Å²) in [6.45, 7) is 4.61. The second kappa shape index (κ2) is 12.8. The first-order valence-electron chi connectivity index (χ1n) is 9.44. The van der Waals surface area contributed by atoms with Gasteiger partial charge in [-0.1, -0.05) is 13.3 Å². The summed E-state index contributed by atoms with van der Waals surface area (Å²) in [7, 11) is 1.33. The van der Waals surface area contributed by atoms with Gasteiger partial charge in [-0.3, -0.25) is 15.1 Å². The van der Waals surface area contributed by atoms with Gasteiger partial charge in [0.15, 0.2) is 11.5 Å². The van der Waals surface area contributed by atoms with Crippen LogP contribution in [0.3, 0.4) is 0 Å². The van der Waals surface area contributed by atoms with Gasteiger partial charge in [0.2, 0.25) is 0 Å². The number of phenolic OH excluding ortho intramolecular Hbond substituents is 2. The molecule has 1 rings (SSSR count). The molecule has 1 aromatic carbocycles. The normalized spacial score (nSPS) is 11.2. The third kappa shape index (κ3) is 7.44. The zero-order valence-electron chi connectivity index (χ0n) is 17.3. The zero-order valence-corrected chi connectivity index (χ0v) is 17.3. The second-order valence-electron chi connectivity index (χ2n) is 6.15. The molecular weight excluding hydrogens is 390 g/mol. The van der Waals surface area contributed by atoms with Gasteiger partial charge in [-0.2, -0.15) is 5.26 Å². The highest BCUT2D eigenvalue weighted by Crippen LogP contribution is 2.35. The maximum absolute atomic E-state index is 12.7. The molecule has 0 spiro atoms. The quantitative estimate of drug-likeness (QED) is 0.114. The van der Waals surface area contributed by atoms with Crippen LogP contribution in [0.15, 0.2) is 22.7 Å². The van der Waals surface area contributed by atoms with Crippen molar-refractivity contribution in [3.05, 3.63) is 23.3 Å². The van der Waals surface area contributed by atoms with Gasteiger partial charge >= 0.3 is 6.03 Å². The van der Waals surface area contributed by atoms with Crippen molar-refractivity contribution in [1.29, 1.82) is 5.26 Å². The molecule has 0 unspecified atom stereocenters. The number of aromatic hydroxyl groups is 2. The molecule has 0 aliphatic heterocycles. The summed E-state index contributed by atoms with van der Waals surface area (Å²) in [5.74, 6) is -1.43. The Morgan fingerprint density at radius 2 is 2.07 bits per heavy atom. The van der Waals surface area contributed by atoms with Gasteiger partial charge in [0.1, 0.15) is 17.3 Å². The molecule has 10 nitrogen and oxygen atoms in total. The Morgan fingerprint density at radius 1 is 1.33 bits per heavy atom. The van der Waals surface area contributed by atoms with Gasteiger partial charge in [-0.25, -0.2) is 9.79 Å². The first kappa shape index (κ1) is 24.5. The van der Waals surface area contributed by atoms with E-state index in [2.05, 4.69) is 15.8 Å². The molecule has 0 aliphatic carbocycles. The number of hydrogen-bond donors (Lipinski definition) is 4. The number of carbonyl (C=O) groups is 2. The minimum atomic E-state index is -0.563. The van der Waals surface area contributed by atoms with E-state index in [4.69, 9.17) is 4.84 Å². The topological polar surface area (TPSA) is 147 Å². The molecule has 0 radical (unpaired) electrons. The monoisotopic (exact) mass is 417 g/mol. The van der Waals surface area contributed by atoms with Crippen molar-refractivity contribution in [1.82, 2.24) is 10.2 Å². The Labute approximate surface area is 175 Å². The highest BCUT2D eigenvalue weighted by atomic mass is 16.6. The van der Waals surface area contributed by atoms with Crippen molar-refractivity contribution in [2.45, 2.75) is 26.7 Å². The van der Waals surface area contributed by atoms with Crippen LogP contribution in [0.2, 0.25) is 0 Å². The summed E-state index contributed by atoms with van der Waals surface area (Å²) in [6, 6.07) is 3.96. The van der Waals surface area contributed by atoms with Gasteiger partial charge < -0.3 is 20.4 Å². The number of nitriles is 1. The van der Waals surface area contributed by atoms with Crippen LogP contribution >= 0.6 is 0 Å². The standard InChI is InChI=1S/C20H27N5O5/c1-4-6-7-22-20(29)23-8-9-25(5-2)19(28)15(13-21)10-14-11-16(24-30-3)18(27)17(26)12-14/h8,10-12,24,26-27H,4-7,9H2,1-3H3,(H,22,29)/b15-10+,23-8+. The smallest absolute Gasteiger partial charge is 0.340 e. The molecule has 3 amide bonds. The minimum absolute atomic E-state index is 0.0485. The van der Waals surface area contributed by atoms with Crippen molar-refractivity contribution < 1.29 is 24.6 Å². The maximum atomic E-state index is 12.7. The number of carbonyl (C=O) groups excluding carboxylic acids is 2. The number of unbranched alkanes of at least 4 members (excludes halogenated alkanes) is 1. The molecule has 0 fully saturated rings. The fraction of sp³-hybridized carbons (Fsp3) is 0.400. The van der Waals surface area contributed by atoms with E-state index < -0.39 is 23.4 Å². The Morgan fingerprint density at radius 3 is 2.67 bits per heavy atom. The number of rotatable bonds is 10. The Kier molecular flexibility index (Phi) is 10.4. The number of aliphatic imine (C=N–C) groups is 1. The van der Waals surface area contributed by atoms with Gasteiger partial charge in [0, 0.05) is 19.3 Å². The van der Waals surface area contributed by atoms with Gasteiger partial charge in [0.25, 0.3) is 5.91 Å². The van der Waals surface area contributed by atoms with E-state index in [1.165, 1.54) is 36.4 Å². The molecule has 0 aromatic heterocycles. The average molecular weight is 417 g/mol. The molecule has 162 valence electrons. The predicted octanol–water partition coefficient (Wildman–Crippen LogP) is 2.41. The number of amides is 3. The van der Waals surface area contributed by atoms with Gasteiger partial charge in [0.05, 0.1) is 13.7 Å². The second-order valence-corrected chi connectivity index (χ2v) is 6.15. The van der Waals surface area contributed by atoms with Crippen molar-refractivity contribution >= 4 is 29.9 Å². The van der Waals surface area contributed by atoms with E-state index in [9.17, 15) is 25.1 Å². The largest absolute Gasteiger partial charge is 0.504 e. The first-order valence-corrected chi connectivity index (χ1v) is 9.44. The number of nitrogens with zero attached hydrogens (tertiary/aromatic N) is 3. The van der Waals surface area contributed by atoms with E-state index >= 15 is 0 Å². The summed E-state index contributed by atoms with van der Waals surface area (Å²) in [5.41, 5.74) is 2.58. The first-order chi connectivity index (χ1) is 14.4. The molecule has 0 saturated heterocycles. The highest BCUT2D eigenvalue weighted by Gasteiger charge is 2.17. The van der Waals surface area contributed by atoms with Crippen LogP contribution in [0.1, 0.15) is 32.3 Å².